The van der Waals surface area contributed by atoms with E-state index < -0.39 is 0 Å². The van der Waals surface area contributed by atoms with Crippen molar-refractivity contribution in [1.82, 2.24) is 10.2 Å². The van der Waals surface area contributed by atoms with Crippen LogP contribution in [-0.2, 0) is 0 Å². The van der Waals surface area contributed by atoms with Gasteiger partial charge in [-0.25, -0.2) is 4.79 Å². The monoisotopic (exact) mass is 213 g/mol. The molecule has 0 heterocycles. The Morgan fingerprint density at radius 2 is 2.00 bits per heavy atom. The van der Waals surface area contributed by atoms with Crippen LogP contribution in [0.1, 0.15) is 39.0 Å². The van der Waals surface area contributed by atoms with Crippen LogP contribution < -0.4 is 11.1 Å². The van der Waals surface area contributed by atoms with Gasteiger partial charge in [0, 0.05) is 19.1 Å². The molecule has 1 fully saturated rings. The fourth-order valence-corrected chi connectivity index (χ4v) is 2.20. The van der Waals surface area contributed by atoms with E-state index in [1.165, 1.54) is 6.42 Å². The molecule has 88 valence electrons. The van der Waals surface area contributed by atoms with E-state index in [0.717, 1.165) is 32.2 Å². The smallest absolute Gasteiger partial charge is 0.314 e. The van der Waals surface area contributed by atoms with Crippen LogP contribution in [0.5, 0.6) is 0 Å². The van der Waals surface area contributed by atoms with Gasteiger partial charge in [-0.1, -0.05) is 6.92 Å². The van der Waals surface area contributed by atoms with Crippen LogP contribution in [0.15, 0.2) is 0 Å². The van der Waals surface area contributed by atoms with Gasteiger partial charge in [-0.05, 0) is 38.6 Å². The van der Waals surface area contributed by atoms with Gasteiger partial charge in [-0.15, -0.1) is 0 Å². The molecule has 2 amide bonds. The zero-order valence-corrected chi connectivity index (χ0v) is 9.83. The zero-order valence-electron chi connectivity index (χ0n) is 9.83. The van der Waals surface area contributed by atoms with Crippen molar-refractivity contribution in [2.75, 3.05) is 13.6 Å². The van der Waals surface area contributed by atoms with Gasteiger partial charge in [-0.3, -0.25) is 0 Å². The lowest BCUT2D eigenvalue weighted by molar-refractivity contribution is 0.174. The molecule has 0 aliphatic heterocycles. The standard InChI is InChI=1S/C11H23N3O/c1-3-8-13-9-4-6-10(7-5-9)14(2)11(12)15/h9-10,13H,3-8H2,1-2H3,(H2,12,15). The molecule has 0 saturated heterocycles. The molecule has 15 heavy (non-hydrogen) atoms. The molecule has 0 radical (unpaired) electrons. The molecule has 4 nitrogen and oxygen atoms in total. The predicted molar refractivity (Wildman–Crippen MR) is 61.7 cm³/mol. The van der Waals surface area contributed by atoms with Crippen molar-refractivity contribution in [2.24, 2.45) is 5.73 Å². The van der Waals surface area contributed by atoms with Crippen molar-refractivity contribution in [3.8, 4) is 0 Å². The number of amides is 2. The van der Waals surface area contributed by atoms with Crippen LogP contribution in [0, 0.1) is 0 Å². The van der Waals surface area contributed by atoms with E-state index in [-0.39, 0.29) is 6.03 Å². The summed E-state index contributed by atoms with van der Waals surface area (Å²) in [5.41, 5.74) is 5.25. The van der Waals surface area contributed by atoms with E-state index in [4.69, 9.17) is 5.73 Å². The van der Waals surface area contributed by atoms with Crippen LogP contribution in [0.2, 0.25) is 0 Å². The number of carbonyl (C=O) groups excluding carboxylic acids is 1. The summed E-state index contributed by atoms with van der Waals surface area (Å²) in [5, 5.41) is 3.53. The summed E-state index contributed by atoms with van der Waals surface area (Å²) in [6.07, 6.45) is 5.63. The molecule has 4 heteroatoms. The van der Waals surface area contributed by atoms with Gasteiger partial charge < -0.3 is 16.0 Å². The van der Waals surface area contributed by atoms with Crippen LogP contribution >= 0.6 is 0 Å². The average molecular weight is 213 g/mol. The lowest BCUT2D eigenvalue weighted by atomic mass is 9.90. The first-order valence-electron chi connectivity index (χ1n) is 5.90. The van der Waals surface area contributed by atoms with Crippen molar-refractivity contribution in [3.05, 3.63) is 0 Å². The Hall–Kier alpha value is -0.770. The fraction of sp³-hybridized carbons (Fsp3) is 0.909. The Morgan fingerprint density at radius 3 is 2.47 bits per heavy atom. The van der Waals surface area contributed by atoms with Gasteiger partial charge in [0.2, 0.25) is 0 Å². The van der Waals surface area contributed by atoms with Crippen LogP contribution in [-0.4, -0.2) is 36.6 Å². The summed E-state index contributed by atoms with van der Waals surface area (Å²) in [6, 6.07) is 0.685. The first kappa shape index (κ1) is 12.3. The molecule has 0 spiro atoms. The maximum absolute atomic E-state index is 11.0. The fourth-order valence-electron chi connectivity index (χ4n) is 2.20. The number of urea groups is 1. The Labute approximate surface area is 92.2 Å². The molecule has 0 aromatic carbocycles. The van der Waals surface area contributed by atoms with Crippen LogP contribution in [0.3, 0.4) is 0 Å². The second-order valence-corrected chi connectivity index (χ2v) is 4.41. The van der Waals surface area contributed by atoms with Gasteiger partial charge in [0.05, 0.1) is 0 Å². The third kappa shape index (κ3) is 3.70. The number of nitrogens with one attached hydrogen (secondary N) is 1. The van der Waals surface area contributed by atoms with Crippen molar-refractivity contribution in [1.29, 1.82) is 0 Å². The number of primary amides is 1. The third-order valence-corrected chi connectivity index (χ3v) is 3.28. The molecular formula is C11H23N3O. The second kappa shape index (κ2) is 5.95. The molecule has 1 rings (SSSR count). The number of nitrogens with zero attached hydrogens (tertiary/aromatic N) is 1. The largest absolute Gasteiger partial charge is 0.351 e. The molecule has 0 aromatic rings. The van der Waals surface area contributed by atoms with Crippen molar-refractivity contribution in [2.45, 2.75) is 51.1 Å². The van der Waals surface area contributed by atoms with Gasteiger partial charge in [0.1, 0.15) is 0 Å². The minimum atomic E-state index is -0.306. The summed E-state index contributed by atoms with van der Waals surface area (Å²) in [6.45, 7) is 3.28. The Kier molecular flexibility index (Phi) is 4.88. The second-order valence-electron chi connectivity index (χ2n) is 4.41. The van der Waals surface area contributed by atoms with E-state index in [0.29, 0.717) is 12.1 Å². The molecule has 0 bridgehead atoms. The third-order valence-electron chi connectivity index (χ3n) is 3.28. The summed E-state index contributed by atoms with van der Waals surface area (Å²) >= 11 is 0. The quantitative estimate of drug-likeness (QED) is 0.739. The summed E-state index contributed by atoms with van der Waals surface area (Å²) in [5.74, 6) is 0. The van der Waals surface area contributed by atoms with E-state index in [9.17, 15) is 4.79 Å². The molecule has 0 unspecified atom stereocenters. The summed E-state index contributed by atoms with van der Waals surface area (Å²) in [7, 11) is 1.80. The average Bonchev–Trinajstić information content (AvgIpc) is 2.26. The SMILES string of the molecule is CCCNC1CCC(N(C)C(N)=O)CC1. The van der Waals surface area contributed by atoms with Gasteiger partial charge in [0.15, 0.2) is 0 Å². The number of carbonyl (C=O) groups is 1. The maximum Gasteiger partial charge on any atom is 0.314 e. The molecule has 0 atom stereocenters. The van der Waals surface area contributed by atoms with Gasteiger partial charge >= 0.3 is 6.03 Å². The van der Waals surface area contributed by atoms with E-state index in [1.807, 2.05) is 0 Å². The first-order valence-corrected chi connectivity index (χ1v) is 5.90. The number of nitrogens with two attached hydrogens (primary N) is 1. The first-order chi connectivity index (χ1) is 7.15. The van der Waals surface area contributed by atoms with E-state index >= 15 is 0 Å². The number of hydrogen-bond acceptors (Lipinski definition) is 2. The minimum absolute atomic E-state index is 0.306. The highest BCUT2D eigenvalue weighted by atomic mass is 16.2. The lowest BCUT2D eigenvalue weighted by Crippen LogP contribution is -2.45. The molecular weight excluding hydrogens is 190 g/mol. The van der Waals surface area contributed by atoms with E-state index in [1.54, 1.807) is 11.9 Å². The highest BCUT2D eigenvalue weighted by molar-refractivity contribution is 5.72. The molecule has 1 aliphatic carbocycles. The maximum atomic E-state index is 11.0. The molecule has 0 aromatic heterocycles. The van der Waals surface area contributed by atoms with Gasteiger partial charge in [0.25, 0.3) is 0 Å². The Morgan fingerprint density at radius 1 is 1.40 bits per heavy atom. The predicted octanol–water partition coefficient (Wildman–Crippen LogP) is 1.31. The van der Waals surface area contributed by atoms with Gasteiger partial charge in [-0.2, -0.15) is 0 Å². The number of hydrogen-bond donors (Lipinski definition) is 2. The molecule has 1 saturated carbocycles. The molecule has 1 aliphatic rings. The van der Waals surface area contributed by atoms with Crippen LogP contribution in [0.25, 0.3) is 0 Å². The summed E-state index contributed by atoms with van der Waals surface area (Å²) in [4.78, 5) is 12.7. The van der Waals surface area contributed by atoms with E-state index in [2.05, 4.69) is 12.2 Å². The Bertz CT molecular complexity index is 200. The minimum Gasteiger partial charge on any atom is -0.351 e. The lowest BCUT2D eigenvalue weighted by Gasteiger charge is -2.34. The van der Waals surface area contributed by atoms with Crippen LogP contribution in [0.4, 0.5) is 4.79 Å². The molecule has 3 N–H and O–H groups in total. The van der Waals surface area contributed by atoms with Crippen molar-refractivity contribution < 1.29 is 4.79 Å². The topological polar surface area (TPSA) is 58.4 Å². The van der Waals surface area contributed by atoms with Crippen molar-refractivity contribution in [3.63, 3.8) is 0 Å². The summed E-state index contributed by atoms with van der Waals surface area (Å²) < 4.78 is 0. The highest BCUT2D eigenvalue weighted by Crippen LogP contribution is 2.22. The van der Waals surface area contributed by atoms with Crippen molar-refractivity contribution >= 4 is 6.03 Å². The Balaban J connectivity index is 2.26. The normalized spacial score (nSPS) is 26.3. The number of rotatable bonds is 4. The highest BCUT2D eigenvalue weighted by Gasteiger charge is 2.24. The zero-order chi connectivity index (χ0) is 11.3.